The van der Waals surface area contributed by atoms with E-state index < -0.39 is 15.9 Å². The molecule has 2 aromatic carbocycles. The normalized spacial score (nSPS) is 16.0. The van der Waals surface area contributed by atoms with E-state index in [4.69, 9.17) is 5.14 Å². The molecule has 2 aromatic rings. The number of anilines is 2. The van der Waals surface area contributed by atoms with Gasteiger partial charge in [-0.2, -0.15) is 10.1 Å². The van der Waals surface area contributed by atoms with Crippen LogP contribution in [-0.4, -0.2) is 26.4 Å². The van der Waals surface area contributed by atoms with Crippen molar-refractivity contribution < 1.29 is 13.2 Å². The zero-order valence-corrected chi connectivity index (χ0v) is 16.8. The van der Waals surface area contributed by atoms with Crippen LogP contribution in [0.1, 0.15) is 19.4 Å². The lowest BCUT2D eigenvalue weighted by molar-refractivity contribution is -0.114. The number of aliphatic imine (C=N–C) groups is 1. The van der Waals surface area contributed by atoms with Crippen LogP contribution in [0.3, 0.4) is 0 Å². The van der Waals surface area contributed by atoms with E-state index in [1.807, 2.05) is 24.3 Å². The fourth-order valence-corrected chi connectivity index (χ4v) is 3.38. The molecule has 0 atom stereocenters. The highest BCUT2D eigenvalue weighted by Crippen LogP contribution is 2.25. The Morgan fingerprint density at radius 2 is 1.97 bits per heavy atom. The molecule has 1 heterocycles. The first-order valence-corrected chi connectivity index (χ1v) is 10.4. The van der Waals surface area contributed by atoms with Crippen molar-refractivity contribution in [3.05, 3.63) is 65.9 Å². The van der Waals surface area contributed by atoms with Crippen LogP contribution >= 0.6 is 0 Å². The van der Waals surface area contributed by atoms with E-state index in [2.05, 4.69) is 22.3 Å². The number of carbonyl (C=O) groups is 1. The fourth-order valence-electron chi connectivity index (χ4n) is 2.82. The zero-order chi connectivity index (χ0) is 21.0. The molecule has 0 radical (unpaired) electrons. The average Bonchev–Trinajstić information content (AvgIpc) is 2.99. The van der Waals surface area contributed by atoms with Crippen LogP contribution in [0.5, 0.6) is 0 Å². The second-order valence-electron chi connectivity index (χ2n) is 6.32. The Morgan fingerprint density at radius 1 is 1.21 bits per heavy atom. The van der Waals surface area contributed by atoms with E-state index in [1.54, 1.807) is 13.0 Å². The molecule has 1 aliphatic rings. The van der Waals surface area contributed by atoms with Crippen molar-refractivity contribution in [3.63, 3.8) is 0 Å². The van der Waals surface area contributed by atoms with Gasteiger partial charge in [0.25, 0.3) is 5.91 Å². The Morgan fingerprint density at radius 3 is 2.69 bits per heavy atom. The predicted molar refractivity (Wildman–Crippen MR) is 114 cm³/mol. The van der Waals surface area contributed by atoms with E-state index in [0.29, 0.717) is 17.0 Å². The molecule has 0 aliphatic carbocycles. The number of nitrogens with one attached hydrogen (secondary N) is 1. The lowest BCUT2D eigenvalue weighted by Crippen LogP contribution is -2.22. The van der Waals surface area contributed by atoms with Crippen LogP contribution in [0.25, 0.3) is 0 Å². The lowest BCUT2D eigenvalue weighted by Gasteiger charge is -2.12. The molecule has 29 heavy (non-hydrogen) atoms. The summed E-state index contributed by atoms with van der Waals surface area (Å²) in [5.41, 5.74) is 3.20. The van der Waals surface area contributed by atoms with Gasteiger partial charge in [0.2, 0.25) is 10.0 Å². The topological polar surface area (TPSA) is 117 Å². The molecule has 0 saturated carbocycles. The summed E-state index contributed by atoms with van der Waals surface area (Å²) >= 11 is 0. The van der Waals surface area contributed by atoms with Crippen molar-refractivity contribution >= 4 is 39.4 Å². The molecule has 3 N–H and O–H groups in total. The first-order valence-electron chi connectivity index (χ1n) is 8.90. The van der Waals surface area contributed by atoms with Crippen LogP contribution < -0.4 is 15.5 Å². The molecule has 0 spiro atoms. The number of hydrogen-bond donors (Lipinski definition) is 2. The highest BCUT2D eigenvalue weighted by Gasteiger charge is 2.29. The minimum absolute atomic E-state index is 0.0927. The maximum atomic E-state index is 12.7. The van der Waals surface area contributed by atoms with Crippen LogP contribution in [0.15, 0.2) is 75.3 Å². The minimum Gasteiger partial charge on any atom is -0.346 e. The Hall–Kier alpha value is -3.30. The molecule has 8 nitrogen and oxygen atoms in total. The van der Waals surface area contributed by atoms with Crippen LogP contribution in [0, 0.1) is 0 Å². The molecule has 1 amide bonds. The lowest BCUT2D eigenvalue weighted by atomic mass is 10.1. The van der Waals surface area contributed by atoms with E-state index in [9.17, 15) is 13.2 Å². The second kappa shape index (κ2) is 8.38. The van der Waals surface area contributed by atoms with Crippen molar-refractivity contribution in [1.82, 2.24) is 0 Å². The molecule has 150 valence electrons. The van der Waals surface area contributed by atoms with Gasteiger partial charge in [0.05, 0.1) is 28.2 Å². The summed E-state index contributed by atoms with van der Waals surface area (Å²) in [6.45, 7) is 3.75. The molecule has 3 rings (SSSR count). The largest absolute Gasteiger partial charge is 0.346 e. The second-order valence-corrected chi connectivity index (χ2v) is 7.88. The highest BCUT2D eigenvalue weighted by molar-refractivity contribution is 7.89. The van der Waals surface area contributed by atoms with Gasteiger partial charge in [-0.1, -0.05) is 31.2 Å². The standard InChI is InChI=1S/C20H21N5O3S/c1-3-15-7-4-5-10-19(15)23-13-22-12-18-14(2)24-25(20(18)26)16-8-6-9-17(11-16)29(21,27)28/h4-13H,3H2,1-2H3,(H,22,23)(H2,21,27,28)/b18-12+. The summed E-state index contributed by atoms with van der Waals surface area (Å²) in [5.74, 6) is -0.403. The number of amides is 1. The zero-order valence-electron chi connectivity index (χ0n) is 16.0. The summed E-state index contributed by atoms with van der Waals surface area (Å²) in [6, 6.07) is 13.6. The maximum absolute atomic E-state index is 12.7. The summed E-state index contributed by atoms with van der Waals surface area (Å²) < 4.78 is 23.1. The number of sulfonamides is 1. The van der Waals surface area contributed by atoms with Gasteiger partial charge in [0, 0.05) is 11.9 Å². The number of carbonyl (C=O) groups excluding carboxylic acids is 1. The molecule has 0 aromatic heterocycles. The van der Waals surface area contributed by atoms with Gasteiger partial charge in [-0.25, -0.2) is 18.5 Å². The van der Waals surface area contributed by atoms with Gasteiger partial charge in [-0.05, 0) is 43.2 Å². The molecule has 0 saturated heterocycles. The number of hydrazone groups is 1. The number of primary sulfonamides is 1. The molecule has 0 bridgehead atoms. The highest BCUT2D eigenvalue weighted by atomic mass is 32.2. The SMILES string of the molecule is CCc1ccccc1N/C=N/C=C1/C(=O)N(c2cccc(S(N)(=O)=O)c2)N=C1C. The van der Waals surface area contributed by atoms with Crippen molar-refractivity contribution in [2.75, 3.05) is 10.3 Å². The van der Waals surface area contributed by atoms with Crippen molar-refractivity contribution in [2.24, 2.45) is 15.2 Å². The van der Waals surface area contributed by atoms with E-state index >= 15 is 0 Å². The summed E-state index contributed by atoms with van der Waals surface area (Å²) in [7, 11) is -3.88. The Balaban J connectivity index is 1.78. The van der Waals surface area contributed by atoms with Gasteiger partial charge < -0.3 is 5.32 Å². The van der Waals surface area contributed by atoms with Gasteiger partial charge in [0.1, 0.15) is 0 Å². The Bertz CT molecular complexity index is 1140. The number of nitrogens with two attached hydrogens (primary N) is 1. The van der Waals surface area contributed by atoms with Crippen molar-refractivity contribution in [2.45, 2.75) is 25.2 Å². The van der Waals surface area contributed by atoms with E-state index in [0.717, 1.165) is 22.7 Å². The number of hydrogen-bond acceptors (Lipinski definition) is 5. The molecular weight excluding hydrogens is 390 g/mol. The number of benzene rings is 2. The third-order valence-electron chi connectivity index (χ3n) is 4.35. The minimum atomic E-state index is -3.88. The monoisotopic (exact) mass is 411 g/mol. The number of rotatable bonds is 6. The average molecular weight is 411 g/mol. The first kappa shape index (κ1) is 20.4. The maximum Gasteiger partial charge on any atom is 0.282 e. The third-order valence-corrected chi connectivity index (χ3v) is 5.26. The number of para-hydroxylation sites is 1. The fraction of sp³-hybridized carbons (Fsp3) is 0.150. The molecule has 1 aliphatic heterocycles. The molecule has 0 fully saturated rings. The summed E-state index contributed by atoms with van der Waals surface area (Å²) in [5, 5.41) is 13.6. The molecule has 0 unspecified atom stereocenters. The quantitative estimate of drug-likeness (QED) is 0.432. The predicted octanol–water partition coefficient (Wildman–Crippen LogP) is 2.64. The number of aryl methyl sites for hydroxylation is 1. The first-order chi connectivity index (χ1) is 13.8. The van der Waals surface area contributed by atoms with Crippen LogP contribution in [0.4, 0.5) is 11.4 Å². The molecular formula is C20H21N5O3S. The van der Waals surface area contributed by atoms with Crippen molar-refractivity contribution in [1.29, 1.82) is 0 Å². The van der Waals surface area contributed by atoms with E-state index in [-0.39, 0.29) is 4.90 Å². The van der Waals surface area contributed by atoms with E-state index in [1.165, 1.54) is 30.7 Å². The Labute approximate surface area is 169 Å². The summed E-state index contributed by atoms with van der Waals surface area (Å²) in [6.07, 6.45) is 3.81. The van der Waals surface area contributed by atoms with Gasteiger partial charge in [0.15, 0.2) is 0 Å². The van der Waals surface area contributed by atoms with Crippen LogP contribution in [0.2, 0.25) is 0 Å². The Kier molecular flexibility index (Phi) is 5.90. The molecule has 9 heteroatoms. The van der Waals surface area contributed by atoms with Crippen LogP contribution in [-0.2, 0) is 21.2 Å². The van der Waals surface area contributed by atoms with Gasteiger partial charge >= 0.3 is 0 Å². The van der Waals surface area contributed by atoms with Gasteiger partial charge in [-0.3, -0.25) is 4.79 Å². The smallest absolute Gasteiger partial charge is 0.282 e. The third kappa shape index (κ3) is 4.58. The number of nitrogens with zero attached hydrogens (tertiary/aromatic N) is 3. The van der Waals surface area contributed by atoms with Crippen molar-refractivity contribution in [3.8, 4) is 0 Å². The van der Waals surface area contributed by atoms with Gasteiger partial charge in [-0.15, -0.1) is 0 Å². The summed E-state index contributed by atoms with van der Waals surface area (Å²) in [4.78, 5) is 16.8.